The summed E-state index contributed by atoms with van der Waals surface area (Å²) in [5.74, 6) is 0.669. The maximum absolute atomic E-state index is 11.0. The fraction of sp³-hybridized carbons (Fsp3) is 0.462. The van der Waals surface area contributed by atoms with Crippen LogP contribution in [-0.4, -0.2) is 30.0 Å². The zero-order valence-electron chi connectivity index (χ0n) is 10.9. The van der Waals surface area contributed by atoms with Crippen LogP contribution in [-0.2, 0) is 4.79 Å². The predicted octanol–water partition coefficient (Wildman–Crippen LogP) is 0.640. The van der Waals surface area contributed by atoms with Gasteiger partial charge in [0.2, 0.25) is 5.91 Å². The van der Waals surface area contributed by atoms with Crippen molar-refractivity contribution >= 4 is 17.4 Å². The summed E-state index contributed by atoms with van der Waals surface area (Å²) in [5, 5.41) is 11.9. The number of nitrogen functional groups attached to an aromatic ring is 1. The lowest BCUT2D eigenvalue weighted by atomic mass is 10.0. The van der Waals surface area contributed by atoms with E-state index in [1.807, 2.05) is 0 Å². The molecule has 1 amide bonds. The fourth-order valence-corrected chi connectivity index (χ4v) is 2.33. The molecule has 0 aliphatic carbocycles. The van der Waals surface area contributed by atoms with E-state index in [4.69, 9.17) is 11.0 Å². The number of nitrogens with one attached hydrogen (secondary N) is 1. The first-order chi connectivity index (χ1) is 9.11. The minimum Gasteiger partial charge on any atom is -0.395 e. The molecule has 1 fully saturated rings. The maximum atomic E-state index is 11.0. The number of nitrogens with zero attached hydrogens (tertiary/aromatic N) is 3. The van der Waals surface area contributed by atoms with Crippen molar-refractivity contribution in [3.63, 3.8) is 0 Å². The molecule has 19 heavy (non-hydrogen) atoms. The Morgan fingerprint density at radius 2 is 2.26 bits per heavy atom. The Kier molecular flexibility index (Phi) is 3.85. The van der Waals surface area contributed by atoms with Crippen molar-refractivity contribution < 1.29 is 4.79 Å². The van der Waals surface area contributed by atoms with Crippen LogP contribution >= 0.6 is 0 Å². The molecular weight excluding hydrogens is 242 g/mol. The lowest BCUT2D eigenvalue weighted by Gasteiger charge is -2.33. The van der Waals surface area contributed by atoms with Crippen molar-refractivity contribution in [2.45, 2.75) is 25.8 Å². The van der Waals surface area contributed by atoms with Gasteiger partial charge in [-0.1, -0.05) is 0 Å². The molecule has 1 aromatic rings. The molecule has 0 saturated carbocycles. The van der Waals surface area contributed by atoms with Gasteiger partial charge in [-0.05, 0) is 18.9 Å². The highest BCUT2D eigenvalue weighted by Crippen LogP contribution is 2.26. The predicted molar refractivity (Wildman–Crippen MR) is 72.4 cm³/mol. The van der Waals surface area contributed by atoms with Crippen LogP contribution in [0.3, 0.4) is 0 Å². The summed E-state index contributed by atoms with van der Waals surface area (Å²) in [6.07, 6.45) is 3.32. The van der Waals surface area contributed by atoms with E-state index < -0.39 is 0 Å². The summed E-state index contributed by atoms with van der Waals surface area (Å²) in [5.41, 5.74) is 6.83. The summed E-state index contributed by atoms with van der Waals surface area (Å²) < 4.78 is 0. The molecule has 0 spiro atoms. The standard InChI is InChI=1S/C13H17N5O/c1-9(19)17-11-3-6-18(7-4-11)13-12(15)10(8-14)2-5-16-13/h2,5,11H,3-4,6-7,15H2,1H3,(H,17,19). The quantitative estimate of drug-likeness (QED) is 0.812. The van der Waals surface area contributed by atoms with Crippen molar-refractivity contribution in [1.29, 1.82) is 5.26 Å². The minimum absolute atomic E-state index is 0.00238. The number of amides is 1. The smallest absolute Gasteiger partial charge is 0.217 e. The van der Waals surface area contributed by atoms with Crippen molar-refractivity contribution in [3.05, 3.63) is 17.8 Å². The number of hydrogen-bond acceptors (Lipinski definition) is 5. The molecule has 1 saturated heterocycles. The maximum Gasteiger partial charge on any atom is 0.217 e. The van der Waals surface area contributed by atoms with Gasteiger partial charge in [-0.3, -0.25) is 4.79 Å². The van der Waals surface area contributed by atoms with Crippen LogP contribution in [0.5, 0.6) is 0 Å². The highest BCUT2D eigenvalue weighted by atomic mass is 16.1. The molecule has 3 N–H and O–H groups in total. The Morgan fingerprint density at radius 3 is 2.84 bits per heavy atom. The van der Waals surface area contributed by atoms with E-state index in [1.54, 1.807) is 12.3 Å². The third kappa shape index (κ3) is 2.94. The molecule has 0 bridgehead atoms. The Balaban J connectivity index is 2.06. The number of rotatable bonds is 2. The third-order valence-electron chi connectivity index (χ3n) is 3.29. The van der Waals surface area contributed by atoms with Crippen LogP contribution in [0.2, 0.25) is 0 Å². The molecule has 1 aromatic heterocycles. The van der Waals surface area contributed by atoms with Crippen LogP contribution in [0.15, 0.2) is 12.3 Å². The first kappa shape index (κ1) is 13.1. The Labute approximate surface area is 112 Å². The largest absolute Gasteiger partial charge is 0.395 e. The number of carbonyl (C=O) groups is 1. The summed E-state index contributed by atoms with van der Waals surface area (Å²) in [4.78, 5) is 17.3. The van der Waals surface area contributed by atoms with E-state index in [1.165, 1.54) is 6.92 Å². The van der Waals surface area contributed by atoms with Gasteiger partial charge in [0.15, 0.2) is 5.82 Å². The van der Waals surface area contributed by atoms with E-state index in [-0.39, 0.29) is 11.9 Å². The average Bonchev–Trinajstić information content (AvgIpc) is 2.39. The summed E-state index contributed by atoms with van der Waals surface area (Å²) in [6, 6.07) is 3.89. The second-order valence-electron chi connectivity index (χ2n) is 4.67. The van der Waals surface area contributed by atoms with E-state index in [9.17, 15) is 4.79 Å². The molecule has 6 heteroatoms. The zero-order chi connectivity index (χ0) is 13.8. The monoisotopic (exact) mass is 259 g/mol. The third-order valence-corrected chi connectivity index (χ3v) is 3.29. The van der Waals surface area contributed by atoms with Crippen molar-refractivity contribution in [3.8, 4) is 6.07 Å². The number of carbonyl (C=O) groups excluding carboxylic acids is 1. The van der Waals surface area contributed by atoms with Gasteiger partial charge in [-0.15, -0.1) is 0 Å². The number of piperidine rings is 1. The molecule has 100 valence electrons. The second-order valence-corrected chi connectivity index (χ2v) is 4.67. The van der Waals surface area contributed by atoms with Gasteiger partial charge < -0.3 is 16.0 Å². The Hall–Kier alpha value is -2.29. The molecule has 0 aromatic carbocycles. The Morgan fingerprint density at radius 1 is 1.58 bits per heavy atom. The number of pyridine rings is 1. The number of aromatic nitrogens is 1. The van der Waals surface area contributed by atoms with E-state index in [0.717, 1.165) is 25.9 Å². The summed E-state index contributed by atoms with van der Waals surface area (Å²) in [7, 11) is 0. The molecule has 1 aliphatic rings. The van der Waals surface area contributed by atoms with Gasteiger partial charge >= 0.3 is 0 Å². The van der Waals surface area contributed by atoms with Crippen molar-refractivity contribution in [1.82, 2.24) is 10.3 Å². The van der Waals surface area contributed by atoms with Crippen LogP contribution in [0.1, 0.15) is 25.3 Å². The Bertz CT molecular complexity index is 514. The molecule has 0 atom stereocenters. The molecule has 0 radical (unpaired) electrons. The van der Waals surface area contributed by atoms with Crippen LogP contribution < -0.4 is 16.0 Å². The summed E-state index contributed by atoms with van der Waals surface area (Å²) in [6.45, 7) is 3.08. The zero-order valence-corrected chi connectivity index (χ0v) is 10.9. The lowest BCUT2D eigenvalue weighted by Crippen LogP contribution is -2.44. The van der Waals surface area contributed by atoms with Crippen LogP contribution in [0.4, 0.5) is 11.5 Å². The normalized spacial score (nSPS) is 15.9. The van der Waals surface area contributed by atoms with Crippen LogP contribution in [0.25, 0.3) is 0 Å². The molecule has 1 aliphatic heterocycles. The van der Waals surface area contributed by atoms with E-state index in [0.29, 0.717) is 17.1 Å². The first-order valence-electron chi connectivity index (χ1n) is 6.28. The lowest BCUT2D eigenvalue weighted by molar-refractivity contribution is -0.119. The van der Waals surface area contributed by atoms with Gasteiger partial charge in [0, 0.05) is 32.3 Å². The van der Waals surface area contributed by atoms with Gasteiger partial charge in [0.25, 0.3) is 0 Å². The molecular formula is C13H17N5O. The number of nitrogens with two attached hydrogens (primary N) is 1. The van der Waals surface area contributed by atoms with Gasteiger partial charge in [-0.2, -0.15) is 5.26 Å². The second kappa shape index (κ2) is 5.57. The molecule has 6 nitrogen and oxygen atoms in total. The average molecular weight is 259 g/mol. The fourth-order valence-electron chi connectivity index (χ4n) is 2.33. The van der Waals surface area contributed by atoms with Gasteiger partial charge in [-0.25, -0.2) is 4.98 Å². The van der Waals surface area contributed by atoms with Gasteiger partial charge in [0.05, 0.1) is 11.3 Å². The topological polar surface area (TPSA) is 95.0 Å². The number of anilines is 2. The minimum atomic E-state index is 0.00238. The van der Waals surface area contributed by atoms with Crippen LogP contribution in [0, 0.1) is 11.3 Å². The van der Waals surface area contributed by atoms with Gasteiger partial charge in [0.1, 0.15) is 6.07 Å². The number of hydrogen-bond donors (Lipinski definition) is 2. The van der Waals surface area contributed by atoms with E-state index in [2.05, 4.69) is 21.3 Å². The summed E-state index contributed by atoms with van der Waals surface area (Å²) >= 11 is 0. The molecule has 2 rings (SSSR count). The highest BCUT2D eigenvalue weighted by molar-refractivity contribution is 5.73. The van der Waals surface area contributed by atoms with Crippen molar-refractivity contribution in [2.75, 3.05) is 23.7 Å². The van der Waals surface area contributed by atoms with Crippen molar-refractivity contribution in [2.24, 2.45) is 0 Å². The molecule has 2 heterocycles. The highest BCUT2D eigenvalue weighted by Gasteiger charge is 2.22. The first-order valence-corrected chi connectivity index (χ1v) is 6.28. The molecule has 0 unspecified atom stereocenters. The van der Waals surface area contributed by atoms with E-state index >= 15 is 0 Å². The number of nitriles is 1. The SMILES string of the molecule is CC(=O)NC1CCN(c2nccc(C#N)c2N)CC1.